The van der Waals surface area contributed by atoms with Gasteiger partial charge in [-0.2, -0.15) is 4.73 Å². The number of pyridine rings is 1. The third-order valence-corrected chi connectivity index (χ3v) is 0.828. The van der Waals surface area contributed by atoms with Gasteiger partial charge in [0.25, 0.3) is 0 Å². The largest absolute Gasteiger partial charge is 0.619 e. The Kier molecular flexibility index (Phi) is 6.20. The summed E-state index contributed by atoms with van der Waals surface area (Å²) in [7, 11) is 0. The summed E-state index contributed by atoms with van der Waals surface area (Å²) in [6, 6.07) is 3.10. The molecule has 0 saturated carbocycles. The van der Waals surface area contributed by atoms with Crippen LogP contribution in [-0.4, -0.2) is 0 Å². The van der Waals surface area contributed by atoms with E-state index >= 15 is 0 Å². The molecule has 1 heterocycles. The number of rotatable bonds is 0. The van der Waals surface area contributed by atoms with Crippen LogP contribution in [0.4, 0.5) is 5.69 Å². The van der Waals surface area contributed by atoms with E-state index in [0.717, 1.165) is 0 Å². The quantitative estimate of drug-likeness (QED) is 0.476. The topological polar surface area (TPSA) is 53.0 Å². The molecule has 0 fully saturated rings. The maximum atomic E-state index is 10.3. The molecular weight excluding hydrogens is 175 g/mol. The summed E-state index contributed by atoms with van der Waals surface area (Å²) in [6.07, 6.45) is 2.71. The molecule has 5 heteroatoms. The number of nitrogens with two attached hydrogens (primary N) is 1. The fraction of sp³-hybridized carbons (Fsp3) is 0. The highest BCUT2D eigenvalue weighted by Crippen LogP contribution is 1.91. The van der Waals surface area contributed by atoms with Crippen molar-refractivity contribution >= 4 is 30.5 Å². The predicted octanol–water partition coefficient (Wildman–Crippen LogP) is 0.746. The van der Waals surface area contributed by atoms with Crippen LogP contribution in [0.5, 0.6) is 0 Å². The van der Waals surface area contributed by atoms with Gasteiger partial charge in [0.2, 0.25) is 0 Å². The van der Waals surface area contributed by atoms with Gasteiger partial charge in [0, 0.05) is 17.8 Å². The molecule has 3 nitrogen and oxygen atoms in total. The van der Waals surface area contributed by atoms with E-state index in [2.05, 4.69) is 0 Å². The second-order valence-electron chi connectivity index (χ2n) is 1.49. The summed E-state index contributed by atoms with van der Waals surface area (Å²) >= 11 is 0. The molecular formula is C5H8Cl2N2O. The maximum absolute atomic E-state index is 10.3. The number of anilines is 1. The van der Waals surface area contributed by atoms with Gasteiger partial charge in [-0.15, -0.1) is 24.8 Å². The average Bonchev–Trinajstić information content (AvgIpc) is 1.77. The fourth-order valence-electron chi connectivity index (χ4n) is 0.424. The molecule has 58 valence electrons. The number of nitrogens with zero attached hydrogens (tertiary/aromatic N) is 1. The molecule has 0 aliphatic rings. The summed E-state index contributed by atoms with van der Waals surface area (Å²) in [4.78, 5) is 0. The summed E-state index contributed by atoms with van der Waals surface area (Å²) in [5.74, 6) is 0. The second-order valence-corrected chi connectivity index (χ2v) is 1.49. The van der Waals surface area contributed by atoms with Gasteiger partial charge in [-0.25, -0.2) is 0 Å². The lowest BCUT2D eigenvalue weighted by molar-refractivity contribution is -0.605. The smallest absolute Gasteiger partial charge is 0.182 e. The van der Waals surface area contributed by atoms with Crippen LogP contribution in [0.15, 0.2) is 24.5 Å². The third-order valence-electron chi connectivity index (χ3n) is 0.828. The lowest BCUT2D eigenvalue weighted by atomic mass is 10.4. The van der Waals surface area contributed by atoms with E-state index < -0.39 is 0 Å². The van der Waals surface area contributed by atoms with Crippen molar-refractivity contribution in [3.63, 3.8) is 0 Å². The van der Waals surface area contributed by atoms with Crippen LogP contribution in [0.2, 0.25) is 0 Å². The van der Waals surface area contributed by atoms with Gasteiger partial charge in [0.1, 0.15) is 0 Å². The predicted molar refractivity (Wildman–Crippen MR) is 44.3 cm³/mol. The van der Waals surface area contributed by atoms with E-state index in [1.165, 1.54) is 12.4 Å². The summed E-state index contributed by atoms with van der Waals surface area (Å²) < 4.78 is 0.691. The van der Waals surface area contributed by atoms with Crippen molar-refractivity contribution < 1.29 is 4.73 Å². The van der Waals surface area contributed by atoms with Gasteiger partial charge in [-0.05, 0) is 0 Å². The molecule has 0 amide bonds. The highest BCUT2D eigenvalue weighted by Gasteiger charge is 1.84. The zero-order valence-electron chi connectivity index (χ0n) is 5.06. The SMILES string of the molecule is Cl.Cl.Nc1cc[n+]([O-])cc1. The zero-order chi connectivity index (χ0) is 5.98. The summed E-state index contributed by atoms with van der Waals surface area (Å²) in [5.41, 5.74) is 5.88. The molecule has 0 unspecified atom stereocenters. The van der Waals surface area contributed by atoms with Crippen molar-refractivity contribution in [1.29, 1.82) is 0 Å². The normalized spacial score (nSPS) is 7.20. The summed E-state index contributed by atoms with van der Waals surface area (Å²) in [6.45, 7) is 0. The Hall–Kier alpha value is -0.670. The Bertz CT molecular complexity index is 157. The first kappa shape index (κ1) is 12.0. The maximum Gasteiger partial charge on any atom is 0.182 e. The first-order valence-corrected chi connectivity index (χ1v) is 2.23. The van der Waals surface area contributed by atoms with Gasteiger partial charge in [-0.1, -0.05) is 0 Å². The standard InChI is InChI=1S/C5H6N2O.2ClH/c6-5-1-3-7(8)4-2-5;;/h1-4H,6H2;2*1H. The van der Waals surface area contributed by atoms with E-state index in [0.29, 0.717) is 10.4 Å². The van der Waals surface area contributed by atoms with Gasteiger partial charge in [0.15, 0.2) is 12.4 Å². The van der Waals surface area contributed by atoms with Crippen molar-refractivity contribution in [2.45, 2.75) is 0 Å². The molecule has 10 heavy (non-hydrogen) atoms. The molecule has 0 aliphatic carbocycles. The van der Waals surface area contributed by atoms with Gasteiger partial charge in [0.05, 0.1) is 0 Å². The van der Waals surface area contributed by atoms with Crippen molar-refractivity contribution in [2.24, 2.45) is 0 Å². The fourth-order valence-corrected chi connectivity index (χ4v) is 0.424. The molecule has 0 bridgehead atoms. The van der Waals surface area contributed by atoms with E-state index in [4.69, 9.17) is 5.73 Å². The minimum absolute atomic E-state index is 0. The molecule has 0 atom stereocenters. The highest BCUT2D eigenvalue weighted by atomic mass is 35.5. The number of hydrogen-bond donors (Lipinski definition) is 1. The molecule has 0 aliphatic heterocycles. The Morgan fingerprint density at radius 2 is 1.60 bits per heavy atom. The molecule has 1 aromatic rings. The van der Waals surface area contributed by atoms with Crippen molar-refractivity contribution in [2.75, 3.05) is 5.73 Å². The summed E-state index contributed by atoms with van der Waals surface area (Å²) in [5, 5.41) is 10.3. The van der Waals surface area contributed by atoms with Crippen LogP contribution in [0.1, 0.15) is 0 Å². The molecule has 0 aromatic carbocycles. The van der Waals surface area contributed by atoms with Crippen LogP contribution in [0.25, 0.3) is 0 Å². The highest BCUT2D eigenvalue weighted by molar-refractivity contribution is 5.85. The Morgan fingerprint density at radius 3 is 1.90 bits per heavy atom. The Labute approximate surface area is 71.3 Å². The van der Waals surface area contributed by atoms with E-state index in [1.54, 1.807) is 12.1 Å². The molecule has 0 saturated heterocycles. The molecule has 0 radical (unpaired) electrons. The van der Waals surface area contributed by atoms with E-state index in [9.17, 15) is 5.21 Å². The van der Waals surface area contributed by atoms with E-state index in [1.807, 2.05) is 0 Å². The van der Waals surface area contributed by atoms with Crippen molar-refractivity contribution in [3.8, 4) is 0 Å². The monoisotopic (exact) mass is 182 g/mol. The Balaban J connectivity index is 0. The number of nitrogen functional groups attached to an aromatic ring is 1. The molecule has 1 aromatic heterocycles. The third kappa shape index (κ3) is 3.37. The van der Waals surface area contributed by atoms with Crippen LogP contribution in [-0.2, 0) is 0 Å². The average molecular weight is 183 g/mol. The van der Waals surface area contributed by atoms with Crippen LogP contribution in [0.3, 0.4) is 0 Å². The van der Waals surface area contributed by atoms with Gasteiger partial charge >= 0.3 is 0 Å². The molecule has 1 rings (SSSR count). The molecule has 2 N–H and O–H groups in total. The minimum atomic E-state index is 0. The minimum Gasteiger partial charge on any atom is -0.619 e. The van der Waals surface area contributed by atoms with Crippen LogP contribution < -0.4 is 10.5 Å². The molecule has 0 spiro atoms. The van der Waals surface area contributed by atoms with Crippen molar-refractivity contribution in [3.05, 3.63) is 29.7 Å². The van der Waals surface area contributed by atoms with Crippen LogP contribution >= 0.6 is 24.8 Å². The lowest BCUT2D eigenvalue weighted by Gasteiger charge is -1.92. The first-order valence-electron chi connectivity index (χ1n) is 2.23. The lowest BCUT2D eigenvalue weighted by Crippen LogP contribution is -2.23. The van der Waals surface area contributed by atoms with Crippen molar-refractivity contribution in [1.82, 2.24) is 0 Å². The second kappa shape index (κ2) is 5.14. The number of hydrogen-bond acceptors (Lipinski definition) is 2. The van der Waals surface area contributed by atoms with E-state index in [-0.39, 0.29) is 24.8 Å². The van der Waals surface area contributed by atoms with Gasteiger partial charge in [-0.3, -0.25) is 0 Å². The first-order chi connectivity index (χ1) is 3.79. The van der Waals surface area contributed by atoms with Gasteiger partial charge < -0.3 is 10.9 Å². The number of halogens is 2. The van der Waals surface area contributed by atoms with Crippen LogP contribution in [0, 0.1) is 5.21 Å². The Morgan fingerprint density at radius 1 is 1.20 bits per heavy atom. The zero-order valence-corrected chi connectivity index (χ0v) is 6.69. The number of aromatic nitrogens is 1.